The Morgan fingerprint density at radius 2 is 1.73 bits per heavy atom. The van der Waals surface area contributed by atoms with Crippen LogP contribution in [-0.2, 0) is 23.4 Å². The smallest absolute Gasteiger partial charge is 0.192 e. The lowest BCUT2D eigenvalue weighted by molar-refractivity contribution is -0.175. The second kappa shape index (κ2) is 7.19. The predicted octanol–water partition coefficient (Wildman–Crippen LogP) is 4.07. The molecule has 2 rings (SSSR count). The SMILES string of the molecule is C#CC[C@@H](O[Si](C)(C)C(C)(C)C)[C@H]1OC(C)(C)O[C@@H]1[C@H]1COC(C)(C)O1. The number of ether oxygens (including phenoxy) is 4. The number of rotatable bonds is 5. The van der Waals surface area contributed by atoms with Gasteiger partial charge >= 0.3 is 0 Å². The highest BCUT2D eigenvalue weighted by Gasteiger charge is 2.53. The zero-order valence-corrected chi connectivity index (χ0v) is 18.8. The fourth-order valence-electron chi connectivity index (χ4n) is 3.17. The maximum Gasteiger partial charge on any atom is 0.192 e. The van der Waals surface area contributed by atoms with E-state index in [9.17, 15) is 0 Å². The average molecular weight is 385 g/mol. The van der Waals surface area contributed by atoms with E-state index >= 15 is 0 Å². The van der Waals surface area contributed by atoms with Gasteiger partial charge in [0.1, 0.15) is 18.3 Å². The van der Waals surface area contributed by atoms with Crippen LogP contribution in [0, 0.1) is 12.3 Å². The molecule has 26 heavy (non-hydrogen) atoms. The van der Waals surface area contributed by atoms with Crippen molar-refractivity contribution in [1.82, 2.24) is 0 Å². The van der Waals surface area contributed by atoms with E-state index in [0.29, 0.717) is 13.0 Å². The molecule has 6 heteroatoms. The van der Waals surface area contributed by atoms with E-state index in [2.05, 4.69) is 39.8 Å². The summed E-state index contributed by atoms with van der Waals surface area (Å²) < 4.78 is 30.9. The molecule has 0 aromatic rings. The fraction of sp³-hybridized carbons (Fsp3) is 0.900. The van der Waals surface area contributed by atoms with Crippen LogP contribution in [0.25, 0.3) is 0 Å². The summed E-state index contributed by atoms with van der Waals surface area (Å²) in [5.41, 5.74) is 0. The van der Waals surface area contributed by atoms with Crippen molar-refractivity contribution in [3.63, 3.8) is 0 Å². The minimum absolute atomic E-state index is 0.0826. The lowest BCUT2D eigenvalue weighted by Crippen LogP contribution is -2.51. The van der Waals surface area contributed by atoms with E-state index in [1.165, 1.54) is 0 Å². The van der Waals surface area contributed by atoms with Crippen molar-refractivity contribution in [2.45, 2.75) is 109 Å². The van der Waals surface area contributed by atoms with Crippen molar-refractivity contribution in [3.05, 3.63) is 0 Å². The van der Waals surface area contributed by atoms with E-state index in [-0.39, 0.29) is 29.5 Å². The Kier molecular flexibility index (Phi) is 6.05. The molecule has 5 nitrogen and oxygen atoms in total. The molecular formula is C20H36O5Si. The molecule has 0 aromatic carbocycles. The van der Waals surface area contributed by atoms with Gasteiger partial charge in [-0.3, -0.25) is 0 Å². The number of hydrogen-bond acceptors (Lipinski definition) is 5. The molecule has 0 amide bonds. The van der Waals surface area contributed by atoms with Crippen LogP contribution in [0.15, 0.2) is 0 Å². The van der Waals surface area contributed by atoms with E-state index in [0.717, 1.165) is 0 Å². The summed E-state index contributed by atoms with van der Waals surface area (Å²) in [5, 5.41) is 0.0826. The highest BCUT2D eigenvalue weighted by Crippen LogP contribution is 2.42. The van der Waals surface area contributed by atoms with Gasteiger partial charge in [0.05, 0.1) is 12.7 Å². The van der Waals surface area contributed by atoms with E-state index in [4.69, 9.17) is 29.8 Å². The standard InChI is InChI=1S/C20H36O5Si/c1-11-12-14(25-26(9,10)18(2,3)4)16-17(24-20(7,8)23-16)15-13-21-19(5,6)22-15/h1,14-17H,12-13H2,2-10H3/t14-,15-,16-,17-/m1/s1. The van der Waals surface area contributed by atoms with Gasteiger partial charge < -0.3 is 23.4 Å². The van der Waals surface area contributed by atoms with Crippen LogP contribution in [0.4, 0.5) is 0 Å². The van der Waals surface area contributed by atoms with Gasteiger partial charge in [-0.1, -0.05) is 20.8 Å². The Labute approximate surface area is 160 Å². The molecule has 2 aliphatic heterocycles. The quantitative estimate of drug-likeness (QED) is 0.528. The van der Waals surface area contributed by atoms with Crippen molar-refractivity contribution < 1.29 is 23.4 Å². The Balaban J connectivity index is 2.25. The summed E-state index contributed by atoms with van der Waals surface area (Å²) in [5.74, 6) is 1.43. The predicted molar refractivity (Wildman–Crippen MR) is 104 cm³/mol. The fourth-order valence-corrected chi connectivity index (χ4v) is 4.49. The first-order valence-corrected chi connectivity index (χ1v) is 12.4. The molecule has 2 heterocycles. The van der Waals surface area contributed by atoms with Crippen LogP contribution in [0.2, 0.25) is 18.1 Å². The van der Waals surface area contributed by atoms with Gasteiger partial charge in [0.15, 0.2) is 19.9 Å². The summed E-state index contributed by atoms with van der Waals surface area (Å²) in [6.45, 7) is 19.2. The third-order valence-corrected chi connectivity index (χ3v) is 10.0. The number of hydrogen-bond donors (Lipinski definition) is 0. The normalized spacial score (nSPS) is 32.4. The first-order valence-electron chi connectivity index (χ1n) is 9.46. The molecule has 0 bridgehead atoms. The van der Waals surface area contributed by atoms with Gasteiger partial charge in [-0.2, -0.15) is 0 Å². The molecule has 0 aliphatic carbocycles. The zero-order chi connectivity index (χ0) is 20.0. The highest BCUT2D eigenvalue weighted by atomic mass is 28.4. The third kappa shape index (κ3) is 4.89. The van der Waals surface area contributed by atoms with Crippen LogP contribution in [0.5, 0.6) is 0 Å². The highest BCUT2D eigenvalue weighted by molar-refractivity contribution is 6.74. The van der Waals surface area contributed by atoms with Crippen LogP contribution in [0.1, 0.15) is 54.9 Å². The maximum atomic E-state index is 6.66. The van der Waals surface area contributed by atoms with Crippen molar-refractivity contribution in [3.8, 4) is 12.3 Å². The Bertz CT molecular complexity index is 543. The second-order valence-corrected chi connectivity index (χ2v) is 14.5. The monoisotopic (exact) mass is 384 g/mol. The van der Waals surface area contributed by atoms with E-state index in [1.807, 2.05) is 27.7 Å². The molecule has 4 atom stereocenters. The van der Waals surface area contributed by atoms with Gasteiger partial charge in [0, 0.05) is 6.42 Å². The summed E-state index contributed by atoms with van der Waals surface area (Å²) in [6.07, 6.45) is 5.12. The average Bonchev–Trinajstić information content (AvgIpc) is 2.96. The van der Waals surface area contributed by atoms with Gasteiger partial charge in [0.2, 0.25) is 0 Å². The Hall–Kier alpha value is -0.423. The van der Waals surface area contributed by atoms with E-state index < -0.39 is 19.9 Å². The lowest BCUT2D eigenvalue weighted by Gasteiger charge is -2.41. The van der Waals surface area contributed by atoms with Crippen molar-refractivity contribution >= 4 is 8.32 Å². The van der Waals surface area contributed by atoms with Gasteiger partial charge in [0.25, 0.3) is 0 Å². The summed E-state index contributed by atoms with van der Waals surface area (Å²) >= 11 is 0. The van der Waals surface area contributed by atoms with Crippen LogP contribution in [0.3, 0.4) is 0 Å². The summed E-state index contributed by atoms with van der Waals surface area (Å²) in [7, 11) is -2.02. The molecule has 0 unspecified atom stereocenters. The maximum absolute atomic E-state index is 6.66. The molecule has 2 saturated heterocycles. The van der Waals surface area contributed by atoms with Crippen LogP contribution < -0.4 is 0 Å². The molecule has 0 N–H and O–H groups in total. The second-order valence-electron chi connectivity index (χ2n) is 9.76. The van der Waals surface area contributed by atoms with Crippen molar-refractivity contribution in [1.29, 1.82) is 0 Å². The molecule has 150 valence electrons. The first-order chi connectivity index (χ1) is 11.7. The largest absolute Gasteiger partial charge is 0.410 e. The minimum Gasteiger partial charge on any atom is -0.410 e. The molecule has 2 aliphatic rings. The number of terminal acetylenes is 1. The van der Waals surface area contributed by atoms with Gasteiger partial charge in [-0.25, -0.2) is 0 Å². The van der Waals surface area contributed by atoms with Crippen molar-refractivity contribution in [2.24, 2.45) is 0 Å². The molecular weight excluding hydrogens is 348 g/mol. The topological polar surface area (TPSA) is 46.2 Å². The Morgan fingerprint density at radius 3 is 2.19 bits per heavy atom. The molecule has 0 saturated carbocycles. The molecule has 2 fully saturated rings. The van der Waals surface area contributed by atoms with E-state index in [1.54, 1.807) is 0 Å². The van der Waals surface area contributed by atoms with Crippen LogP contribution in [-0.4, -0.2) is 50.9 Å². The molecule has 0 aromatic heterocycles. The van der Waals surface area contributed by atoms with Gasteiger partial charge in [-0.05, 0) is 45.8 Å². The third-order valence-electron chi connectivity index (χ3n) is 5.50. The van der Waals surface area contributed by atoms with Crippen molar-refractivity contribution in [2.75, 3.05) is 6.61 Å². The summed E-state index contributed by atoms with van der Waals surface area (Å²) in [4.78, 5) is 0. The molecule has 0 radical (unpaired) electrons. The lowest BCUT2D eigenvalue weighted by atomic mass is 10.0. The minimum atomic E-state index is -2.02. The zero-order valence-electron chi connectivity index (χ0n) is 17.8. The van der Waals surface area contributed by atoms with Crippen LogP contribution >= 0.6 is 0 Å². The summed E-state index contributed by atoms with van der Waals surface area (Å²) in [6, 6.07) is 0. The first kappa shape index (κ1) is 21.9. The Morgan fingerprint density at radius 1 is 1.12 bits per heavy atom. The van der Waals surface area contributed by atoms with Gasteiger partial charge in [-0.15, -0.1) is 12.3 Å². The molecule has 0 spiro atoms.